The van der Waals surface area contributed by atoms with E-state index in [0.29, 0.717) is 39.0 Å². The maximum absolute atomic E-state index is 13.2. The number of pyridine rings is 2. The van der Waals surface area contributed by atoms with Gasteiger partial charge in [0.2, 0.25) is 5.13 Å². The Morgan fingerprint density at radius 2 is 2.07 bits per heavy atom. The lowest BCUT2D eigenvalue weighted by atomic mass is 10.0. The van der Waals surface area contributed by atoms with Crippen molar-refractivity contribution in [1.82, 2.24) is 20.2 Å². The first-order chi connectivity index (χ1) is 13.5. The molecule has 1 amide bonds. The Hall–Kier alpha value is -2.65. The fourth-order valence-electron chi connectivity index (χ4n) is 2.77. The monoisotopic (exact) mass is 419 g/mol. The second-order valence-corrected chi connectivity index (χ2v) is 7.73. The van der Waals surface area contributed by atoms with Gasteiger partial charge in [0.1, 0.15) is 22.1 Å². The lowest BCUT2D eigenvalue weighted by molar-refractivity contribution is 0.102. The molecule has 10 heteroatoms. The summed E-state index contributed by atoms with van der Waals surface area (Å²) in [5, 5.41) is 11.8. The van der Waals surface area contributed by atoms with Crippen LogP contribution in [0.4, 0.5) is 9.52 Å². The third-order valence-corrected chi connectivity index (χ3v) is 5.50. The molecule has 1 aliphatic carbocycles. The first-order valence-corrected chi connectivity index (χ1v) is 9.61. The van der Waals surface area contributed by atoms with Crippen molar-refractivity contribution < 1.29 is 13.9 Å². The zero-order chi connectivity index (χ0) is 19.8. The van der Waals surface area contributed by atoms with Crippen LogP contribution in [0, 0.1) is 6.92 Å². The summed E-state index contributed by atoms with van der Waals surface area (Å²) in [5.41, 5.74) is 2.26. The highest BCUT2D eigenvalue weighted by molar-refractivity contribution is 7.15. The maximum Gasteiger partial charge on any atom is 0.259 e. The summed E-state index contributed by atoms with van der Waals surface area (Å²) in [6, 6.07) is 3.40. The Balaban J connectivity index is 1.67. The molecule has 1 N–H and O–H groups in total. The van der Waals surface area contributed by atoms with E-state index < -0.39 is 12.1 Å². The van der Waals surface area contributed by atoms with E-state index in [0.717, 1.165) is 5.69 Å². The van der Waals surface area contributed by atoms with Gasteiger partial charge in [0.25, 0.3) is 5.91 Å². The Morgan fingerprint density at radius 1 is 1.29 bits per heavy atom. The normalized spacial score (nSPS) is 18.0. The average molecular weight is 420 g/mol. The summed E-state index contributed by atoms with van der Waals surface area (Å²) < 4.78 is 18.6. The lowest BCUT2D eigenvalue weighted by Crippen LogP contribution is -2.14. The number of amides is 1. The molecule has 144 valence electrons. The number of rotatable bonds is 5. The molecule has 3 aromatic heterocycles. The van der Waals surface area contributed by atoms with Gasteiger partial charge in [0.05, 0.1) is 18.9 Å². The van der Waals surface area contributed by atoms with Gasteiger partial charge in [-0.2, -0.15) is 0 Å². The van der Waals surface area contributed by atoms with E-state index in [-0.39, 0.29) is 11.1 Å². The van der Waals surface area contributed by atoms with Gasteiger partial charge >= 0.3 is 0 Å². The van der Waals surface area contributed by atoms with Crippen molar-refractivity contribution in [2.75, 3.05) is 12.4 Å². The van der Waals surface area contributed by atoms with E-state index in [4.69, 9.17) is 16.3 Å². The fourth-order valence-corrected chi connectivity index (χ4v) is 3.83. The standard InChI is InChI=1S/C18H15ClFN5O2S/c1-8-3-9(10-5-15(19)22-7-14(10)27-2)12(6-21-8)16(26)23-18-25-24-17(28-18)11-4-13(11)20/h3,5-7,11,13H,4H2,1-2H3,(H,23,25,26)/t11-,13+/m1/s1. The van der Waals surface area contributed by atoms with Gasteiger partial charge in [-0.1, -0.05) is 22.9 Å². The minimum absolute atomic E-state index is 0.206. The molecule has 1 aliphatic rings. The number of methoxy groups -OCH3 is 1. The Labute approximate surface area is 169 Å². The SMILES string of the molecule is COc1cnc(Cl)cc1-c1cc(C)ncc1C(=O)Nc1nnc([C@@H]2C[C@@H]2F)s1. The molecule has 28 heavy (non-hydrogen) atoms. The first-order valence-electron chi connectivity index (χ1n) is 8.41. The van der Waals surface area contributed by atoms with Crippen molar-refractivity contribution in [2.45, 2.75) is 25.4 Å². The number of aryl methyl sites for hydroxylation is 1. The minimum Gasteiger partial charge on any atom is -0.494 e. The molecule has 0 bridgehead atoms. The predicted octanol–water partition coefficient (Wildman–Crippen LogP) is 4.04. The van der Waals surface area contributed by atoms with Crippen LogP contribution >= 0.6 is 22.9 Å². The van der Waals surface area contributed by atoms with Crippen LogP contribution in [0.2, 0.25) is 5.15 Å². The summed E-state index contributed by atoms with van der Waals surface area (Å²) in [6.45, 7) is 1.82. The molecule has 1 fully saturated rings. The molecule has 0 spiro atoms. The highest BCUT2D eigenvalue weighted by Crippen LogP contribution is 2.45. The van der Waals surface area contributed by atoms with Crippen molar-refractivity contribution >= 4 is 34.0 Å². The molecule has 0 aromatic carbocycles. The van der Waals surface area contributed by atoms with Crippen LogP contribution in [-0.4, -0.2) is 39.4 Å². The third kappa shape index (κ3) is 3.67. The zero-order valence-corrected chi connectivity index (χ0v) is 16.5. The van der Waals surface area contributed by atoms with Gasteiger partial charge in [-0.15, -0.1) is 10.2 Å². The highest BCUT2D eigenvalue weighted by atomic mass is 35.5. The molecule has 0 aliphatic heterocycles. The molecule has 3 aromatic rings. The molecule has 0 radical (unpaired) electrons. The average Bonchev–Trinajstić information content (AvgIpc) is 3.22. The molecule has 0 unspecified atom stereocenters. The van der Waals surface area contributed by atoms with Crippen LogP contribution in [0.3, 0.4) is 0 Å². The van der Waals surface area contributed by atoms with Crippen LogP contribution in [-0.2, 0) is 0 Å². The summed E-state index contributed by atoms with van der Waals surface area (Å²) in [5.74, 6) is -0.138. The van der Waals surface area contributed by atoms with Gasteiger partial charge < -0.3 is 4.74 Å². The second-order valence-electron chi connectivity index (χ2n) is 6.34. The first kappa shape index (κ1) is 18.7. The molecule has 4 rings (SSSR count). The quantitative estimate of drug-likeness (QED) is 0.627. The number of nitrogens with one attached hydrogen (secondary N) is 1. The summed E-state index contributed by atoms with van der Waals surface area (Å²) >= 11 is 7.22. The van der Waals surface area contributed by atoms with Gasteiger partial charge in [0.15, 0.2) is 0 Å². The number of alkyl halides is 1. The lowest BCUT2D eigenvalue weighted by Gasteiger charge is -2.13. The number of halogens is 2. The number of hydrogen-bond donors (Lipinski definition) is 1. The number of hydrogen-bond acceptors (Lipinski definition) is 7. The van der Waals surface area contributed by atoms with Crippen molar-refractivity contribution in [3.8, 4) is 16.9 Å². The van der Waals surface area contributed by atoms with Crippen LogP contribution < -0.4 is 10.1 Å². The summed E-state index contributed by atoms with van der Waals surface area (Å²) in [4.78, 5) is 21.1. The highest BCUT2D eigenvalue weighted by Gasteiger charge is 2.41. The van der Waals surface area contributed by atoms with Crippen LogP contribution in [0.5, 0.6) is 5.75 Å². The summed E-state index contributed by atoms with van der Waals surface area (Å²) in [6.07, 6.45) is 2.56. The zero-order valence-electron chi connectivity index (χ0n) is 14.9. The minimum atomic E-state index is -0.867. The third-order valence-electron chi connectivity index (χ3n) is 4.32. The van der Waals surface area contributed by atoms with Gasteiger partial charge in [-0.3, -0.25) is 15.1 Å². The number of ether oxygens (including phenoxy) is 1. The van der Waals surface area contributed by atoms with Gasteiger partial charge in [-0.25, -0.2) is 9.37 Å². The molecular formula is C18H15ClFN5O2S. The predicted molar refractivity (Wildman–Crippen MR) is 104 cm³/mol. The fraction of sp³-hybridized carbons (Fsp3) is 0.278. The topological polar surface area (TPSA) is 89.9 Å². The van der Waals surface area contributed by atoms with Gasteiger partial charge in [-0.05, 0) is 25.5 Å². The van der Waals surface area contributed by atoms with E-state index in [9.17, 15) is 9.18 Å². The largest absolute Gasteiger partial charge is 0.494 e. The number of carbonyl (C=O) groups is 1. The number of anilines is 1. The number of aromatic nitrogens is 4. The van der Waals surface area contributed by atoms with Crippen molar-refractivity contribution in [2.24, 2.45) is 0 Å². The Kier molecular flexibility index (Phi) is 4.94. The second kappa shape index (κ2) is 7.40. The molecular weight excluding hydrogens is 405 g/mol. The summed E-state index contributed by atoms with van der Waals surface area (Å²) in [7, 11) is 1.51. The molecule has 0 saturated heterocycles. The van der Waals surface area contributed by atoms with Crippen molar-refractivity contribution in [3.63, 3.8) is 0 Å². The number of carbonyl (C=O) groups excluding carboxylic acids is 1. The maximum atomic E-state index is 13.2. The molecule has 7 nitrogen and oxygen atoms in total. The van der Waals surface area contributed by atoms with E-state index in [1.54, 1.807) is 12.1 Å². The van der Waals surface area contributed by atoms with Crippen LogP contribution in [0.25, 0.3) is 11.1 Å². The van der Waals surface area contributed by atoms with Gasteiger partial charge in [0, 0.05) is 28.9 Å². The van der Waals surface area contributed by atoms with E-state index >= 15 is 0 Å². The smallest absolute Gasteiger partial charge is 0.259 e. The Morgan fingerprint density at radius 3 is 2.79 bits per heavy atom. The van der Waals surface area contributed by atoms with E-state index in [1.807, 2.05) is 6.92 Å². The number of nitrogens with zero attached hydrogens (tertiary/aromatic N) is 4. The van der Waals surface area contributed by atoms with Crippen molar-refractivity contribution in [3.05, 3.63) is 45.9 Å². The van der Waals surface area contributed by atoms with E-state index in [2.05, 4.69) is 25.5 Å². The van der Waals surface area contributed by atoms with E-state index in [1.165, 1.54) is 30.8 Å². The van der Waals surface area contributed by atoms with Crippen LogP contribution in [0.1, 0.15) is 33.4 Å². The van der Waals surface area contributed by atoms with Crippen molar-refractivity contribution in [1.29, 1.82) is 0 Å². The van der Waals surface area contributed by atoms with Crippen LogP contribution in [0.15, 0.2) is 24.5 Å². The molecule has 2 atom stereocenters. The Bertz CT molecular complexity index is 1060. The molecule has 1 saturated carbocycles. The molecule has 3 heterocycles.